The lowest BCUT2D eigenvalue weighted by Crippen LogP contribution is -2.44. The predicted octanol–water partition coefficient (Wildman–Crippen LogP) is 2.83. The largest absolute Gasteiger partial charge is 0.339 e. The van der Waals surface area contributed by atoms with Gasteiger partial charge in [0.05, 0.1) is 11.2 Å². The highest BCUT2D eigenvalue weighted by molar-refractivity contribution is 5.92. The molecule has 1 aromatic heterocycles. The molecule has 1 aromatic carbocycles. The molecule has 1 saturated heterocycles. The second kappa shape index (κ2) is 6.92. The number of carbonyl (C=O) groups excluding carboxylic acids is 1. The number of benzene rings is 1. The fourth-order valence-electron chi connectivity index (χ4n) is 3.08. The summed E-state index contributed by atoms with van der Waals surface area (Å²) in [6, 6.07) is 12.1. The summed E-state index contributed by atoms with van der Waals surface area (Å²) in [6.45, 7) is 3.59. The molecule has 0 saturated carbocycles. The van der Waals surface area contributed by atoms with Crippen molar-refractivity contribution in [3.8, 4) is 0 Å². The smallest absolute Gasteiger partial charge is 0.246 e. The number of nitrogens with zero attached hydrogens (tertiary/aromatic N) is 2. The molecule has 3 rings (SSSR count). The number of likely N-dealkylation sites (tertiary alicyclic amines) is 1. The summed E-state index contributed by atoms with van der Waals surface area (Å²) < 4.78 is 0. The number of nitrogens with two attached hydrogens (primary N) is 1. The fourth-order valence-corrected chi connectivity index (χ4v) is 3.08. The van der Waals surface area contributed by atoms with Crippen LogP contribution in [-0.4, -0.2) is 34.9 Å². The van der Waals surface area contributed by atoms with Crippen molar-refractivity contribution in [1.82, 2.24) is 9.88 Å². The molecule has 2 N–H and O–H groups in total. The number of pyridine rings is 1. The molecule has 0 aliphatic carbocycles. The summed E-state index contributed by atoms with van der Waals surface area (Å²) in [5, 5.41) is 1.10. The van der Waals surface area contributed by atoms with Crippen molar-refractivity contribution in [3.63, 3.8) is 0 Å². The fraction of sp³-hybridized carbons (Fsp3) is 0.368. The Kier molecular flexibility index (Phi) is 4.72. The zero-order chi connectivity index (χ0) is 16.2. The standard InChI is InChI=1S/C19H23N3O/c1-14(20)16-6-4-12-22(13-16)19(23)11-10-17-9-8-15-5-2-3-7-18(15)21-17/h2-3,5,7-11,14,16H,4,6,12-13,20H2,1H3/b11-10+. The summed E-state index contributed by atoms with van der Waals surface area (Å²) in [5.74, 6) is 0.449. The van der Waals surface area contributed by atoms with E-state index in [2.05, 4.69) is 4.98 Å². The van der Waals surface area contributed by atoms with E-state index in [1.807, 2.05) is 48.2 Å². The highest BCUT2D eigenvalue weighted by Crippen LogP contribution is 2.19. The topological polar surface area (TPSA) is 59.2 Å². The van der Waals surface area contributed by atoms with Crippen molar-refractivity contribution in [2.45, 2.75) is 25.8 Å². The number of hydrogen-bond acceptors (Lipinski definition) is 3. The summed E-state index contributed by atoms with van der Waals surface area (Å²) in [5.41, 5.74) is 7.73. The number of hydrogen-bond donors (Lipinski definition) is 1. The van der Waals surface area contributed by atoms with Crippen LogP contribution in [0.1, 0.15) is 25.5 Å². The number of rotatable bonds is 3. The van der Waals surface area contributed by atoms with Gasteiger partial charge in [-0.1, -0.05) is 24.3 Å². The van der Waals surface area contributed by atoms with Crippen LogP contribution >= 0.6 is 0 Å². The van der Waals surface area contributed by atoms with E-state index in [4.69, 9.17) is 5.73 Å². The Labute approximate surface area is 137 Å². The third-order valence-electron chi connectivity index (χ3n) is 4.53. The van der Waals surface area contributed by atoms with Crippen molar-refractivity contribution >= 4 is 22.9 Å². The molecule has 2 aromatic rings. The molecular formula is C19H23N3O. The van der Waals surface area contributed by atoms with Gasteiger partial charge in [0.15, 0.2) is 0 Å². The molecule has 120 valence electrons. The first-order chi connectivity index (χ1) is 11.1. The minimum atomic E-state index is 0.0466. The first-order valence-electron chi connectivity index (χ1n) is 8.22. The third kappa shape index (κ3) is 3.77. The summed E-state index contributed by atoms with van der Waals surface area (Å²) in [7, 11) is 0. The molecule has 0 bridgehead atoms. The van der Waals surface area contributed by atoms with Gasteiger partial charge < -0.3 is 10.6 Å². The molecule has 2 atom stereocenters. The minimum Gasteiger partial charge on any atom is -0.339 e. The number of aromatic nitrogens is 1. The average Bonchev–Trinajstić information content (AvgIpc) is 2.59. The van der Waals surface area contributed by atoms with Crippen LogP contribution in [0.25, 0.3) is 17.0 Å². The third-order valence-corrected chi connectivity index (χ3v) is 4.53. The molecule has 1 amide bonds. The molecule has 23 heavy (non-hydrogen) atoms. The van der Waals surface area contributed by atoms with Crippen LogP contribution in [0.5, 0.6) is 0 Å². The van der Waals surface area contributed by atoms with Crippen LogP contribution in [-0.2, 0) is 4.79 Å². The molecular weight excluding hydrogens is 286 g/mol. The highest BCUT2D eigenvalue weighted by atomic mass is 16.2. The van der Waals surface area contributed by atoms with E-state index in [0.29, 0.717) is 5.92 Å². The van der Waals surface area contributed by atoms with E-state index in [9.17, 15) is 4.79 Å². The quantitative estimate of drug-likeness (QED) is 0.887. The molecule has 4 nitrogen and oxygen atoms in total. The van der Waals surface area contributed by atoms with E-state index in [0.717, 1.165) is 42.5 Å². The molecule has 2 unspecified atom stereocenters. The van der Waals surface area contributed by atoms with Gasteiger partial charge in [-0.3, -0.25) is 4.79 Å². The highest BCUT2D eigenvalue weighted by Gasteiger charge is 2.24. The van der Waals surface area contributed by atoms with Gasteiger partial charge >= 0.3 is 0 Å². The Balaban J connectivity index is 1.69. The van der Waals surface area contributed by atoms with Gasteiger partial charge in [-0.2, -0.15) is 0 Å². The lowest BCUT2D eigenvalue weighted by molar-refractivity contribution is -0.127. The number of piperidine rings is 1. The molecule has 2 heterocycles. The van der Waals surface area contributed by atoms with Crippen molar-refractivity contribution in [3.05, 3.63) is 48.2 Å². The maximum absolute atomic E-state index is 12.4. The zero-order valence-electron chi connectivity index (χ0n) is 13.5. The van der Waals surface area contributed by atoms with Crippen molar-refractivity contribution < 1.29 is 4.79 Å². The summed E-state index contributed by atoms with van der Waals surface area (Å²) >= 11 is 0. The van der Waals surface area contributed by atoms with E-state index >= 15 is 0 Å². The van der Waals surface area contributed by atoms with E-state index in [-0.39, 0.29) is 11.9 Å². The molecule has 1 fully saturated rings. The predicted molar refractivity (Wildman–Crippen MR) is 93.7 cm³/mol. The molecule has 1 aliphatic heterocycles. The van der Waals surface area contributed by atoms with E-state index in [1.54, 1.807) is 12.2 Å². The Hall–Kier alpha value is -2.20. The van der Waals surface area contributed by atoms with Crippen LogP contribution in [0.15, 0.2) is 42.5 Å². The number of para-hydroxylation sites is 1. The van der Waals surface area contributed by atoms with Gasteiger partial charge in [-0.25, -0.2) is 4.98 Å². The van der Waals surface area contributed by atoms with Crippen LogP contribution in [0.4, 0.5) is 0 Å². The molecule has 0 radical (unpaired) electrons. The number of fused-ring (bicyclic) bond motifs is 1. The Morgan fingerprint density at radius 1 is 1.35 bits per heavy atom. The number of amides is 1. The second-order valence-corrected chi connectivity index (χ2v) is 6.31. The number of carbonyl (C=O) groups is 1. The van der Waals surface area contributed by atoms with Gasteiger partial charge in [-0.05, 0) is 43.9 Å². The lowest BCUT2D eigenvalue weighted by Gasteiger charge is -2.34. The molecule has 0 spiro atoms. The average molecular weight is 309 g/mol. The van der Waals surface area contributed by atoms with Gasteiger partial charge in [0.1, 0.15) is 0 Å². The maximum atomic E-state index is 12.4. The minimum absolute atomic E-state index is 0.0466. The normalized spacial score (nSPS) is 20.1. The molecule has 4 heteroatoms. The van der Waals surface area contributed by atoms with Crippen LogP contribution in [0, 0.1) is 5.92 Å². The Morgan fingerprint density at radius 3 is 3.00 bits per heavy atom. The Bertz CT molecular complexity index is 723. The van der Waals surface area contributed by atoms with Crippen LogP contribution in [0.3, 0.4) is 0 Å². The van der Waals surface area contributed by atoms with Crippen LogP contribution in [0.2, 0.25) is 0 Å². The zero-order valence-corrected chi connectivity index (χ0v) is 13.5. The van der Waals surface area contributed by atoms with Gasteiger partial charge in [0, 0.05) is 30.6 Å². The monoisotopic (exact) mass is 309 g/mol. The first-order valence-corrected chi connectivity index (χ1v) is 8.22. The first kappa shape index (κ1) is 15.7. The maximum Gasteiger partial charge on any atom is 0.246 e. The van der Waals surface area contributed by atoms with Crippen molar-refractivity contribution in [1.29, 1.82) is 0 Å². The summed E-state index contributed by atoms with van der Waals surface area (Å²) in [6.07, 6.45) is 5.56. The molecule has 1 aliphatic rings. The lowest BCUT2D eigenvalue weighted by atomic mass is 9.92. The van der Waals surface area contributed by atoms with Crippen LogP contribution < -0.4 is 5.73 Å². The van der Waals surface area contributed by atoms with Crippen molar-refractivity contribution in [2.75, 3.05) is 13.1 Å². The van der Waals surface area contributed by atoms with E-state index in [1.165, 1.54) is 0 Å². The SMILES string of the molecule is CC(N)C1CCCN(C(=O)/C=C/c2ccc3ccccc3n2)C1. The van der Waals surface area contributed by atoms with Gasteiger partial charge in [0.25, 0.3) is 0 Å². The van der Waals surface area contributed by atoms with E-state index < -0.39 is 0 Å². The second-order valence-electron chi connectivity index (χ2n) is 6.31. The van der Waals surface area contributed by atoms with Crippen molar-refractivity contribution in [2.24, 2.45) is 11.7 Å². The van der Waals surface area contributed by atoms with Gasteiger partial charge in [0.2, 0.25) is 5.91 Å². The summed E-state index contributed by atoms with van der Waals surface area (Å²) in [4.78, 5) is 18.8. The Morgan fingerprint density at radius 2 is 2.17 bits per heavy atom. The van der Waals surface area contributed by atoms with Gasteiger partial charge in [-0.15, -0.1) is 0 Å².